The molecule has 6 heteroatoms. The maximum absolute atomic E-state index is 12.4. The predicted molar refractivity (Wildman–Crippen MR) is 97.4 cm³/mol. The number of hydrogen-bond acceptors (Lipinski definition) is 5. The molecule has 0 saturated heterocycles. The van der Waals surface area contributed by atoms with E-state index >= 15 is 0 Å². The van der Waals surface area contributed by atoms with Crippen molar-refractivity contribution in [3.8, 4) is 0 Å². The van der Waals surface area contributed by atoms with E-state index in [1.165, 1.54) is 17.3 Å². The molecule has 126 valence electrons. The molecule has 2 aromatic rings. The lowest BCUT2D eigenvalue weighted by Gasteiger charge is -2.23. The number of hydrogen-bond donors (Lipinski definition) is 1. The number of carbonyl (C=O) groups is 1. The number of aromatic nitrogens is 3. The van der Waals surface area contributed by atoms with Gasteiger partial charge in [0.25, 0.3) is 0 Å². The quantitative estimate of drug-likeness (QED) is 0.667. The van der Waals surface area contributed by atoms with Crippen LogP contribution in [0.5, 0.6) is 0 Å². The van der Waals surface area contributed by atoms with Crippen molar-refractivity contribution >= 4 is 23.2 Å². The van der Waals surface area contributed by atoms with Crippen LogP contribution in [0.2, 0.25) is 0 Å². The highest BCUT2D eigenvalue weighted by molar-refractivity contribution is 7.99. The topological polar surface area (TPSA) is 61.9 Å². The van der Waals surface area contributed by atoms with Gasteiger partial charge >= 0.3 is 0 Å². The number of nitrogens with one attached hydrogen (secondary N) is 1. The number of fused-ring (bicyclic) bond motifs is 1. The van der Waals surface area contributed by atoms with E-state index in [9.17, 15) is 4.79 Å². The number of likely N-dealkylation sites (N-methyl/N-ethyl adjacent to an activating group) is 1. The number of thioether (sulfide) groups is 1. The van der Waals surface area contributed by atoms with Crippen LogP contribution in [0.25, 0.3) is 0 Å². The van der Waals surface area contributed by atoms with Crippen LogP contribution >= 0.6 is 11.8 Å². The maximum atomic E-state index is 12.4. The van der Waals surface area contributed by atoms with Gasteiger partial charge < -0.3 is 4.90 Å². The van der Waals surface area contributed by atoms with Gasteiger partial charge in [0.2, 0.25) is 5.16 Å². The molecule has 24 heavy (non-hydrogen) atoms. The summed E-state index contributed by atoms with van der Waals surface area (Å²) in [5.41, 5.74) is 3.26. The fourth-order valence-corrected chi connectivity index (χ4v) is 3.73. The highest BCUT2D eigenvalue weighted by Crippen LogP contribution is 2.46. The Bertz CT molecular complexity index is 794. The summed E-state index contributed by atoms with van der Waals surface area (Å²) in [7, 11) is 2.02. The number of benzene rings is 1. The van der Waals surface area contributed by atoms with Crippen LogP contribution in [0.15, 0.2) is 41.2 Å². The van der Waals surface area contributed by atoms with Gasteiger partial charge in [-0.1, -0.05) is 50.7 Å². The fourth-order valence-electron chi connectivity index (χ4n) is 3.09. The lowest BCUT2D eigenvalue weighted by atomic mass is 9.83. The SMILES string of the molecule is CCc1nc(SCC(=O)C=C2N(C)c3ccccc3C2(C)C)n[nH]1. The standard InChI is InChI=1S/C18H22N4OS/c1-5-16-19-17(21-20-16)24-11-12(23)10-15-18(2,3)13-8-6-7-9-14(13)22(15)4/h6-10H,5,11H2,1-4H3,(H,19,20,21). The summed E-state index contributed by atoms with van der Waals surface area (Å²) in [5.74, 6) is 1.26. The van der Waals surface area contributed by atoms with E-state index in [0.29, 0.717) is 10.9 Å². The summed E-state index contributed by atoms with van der Waals surface area (Å²) >= 11 is 1.37. The minimum absolute atomic E-state index is 0.0746. The molecule has 0 bridgehead atoms. The van der Waals surface area contributed by atoms with Gasteiger partial charge in [-0.25, -0.2) is 4.98 Å². The number of para-hydroxylation sites is 1. The summed E-state index contributed by atoms with van der Waals surface area (Å²) in [5, 5.41) is 7.60. The second kappa shape index (κ2) is 6.43. The molecule has 1 aliphatic rings. The van der Waals surface area contributed by atoms with E-state index in [1.807, 2.05) is 26.1 Å². The minimum atomic E-state index is -0.175. The normalized spacial score (nSPS) is 17.3. The van der Waals surface area contributed by atoms with Crippen molar-refractivity contribution in [3.05, 3.63) is 47.4 Å². The molecule has 0 unspecified atom stereocenters. The molecule has 0 radical (unpaired) electrons. The summed E-state index contributed by atoms with van der Waals surface area (Å²) < 4.78 is 0. The Balaban J connectivity index is 1.75. The van der Waals surface area contributed by atoms with Gasteiger partial charge in [0, 0.05) is 36.3 Å². The Labute approximate surface area is 146 Å². The second-order valence-corrected chi connectivity index (χ2v) is 7.35. The molecule has 3 rings (SSSR count). The first-order chi connectivity index (χ1) is 11.4. The molecule has 0 atom stereocenters. The number of aromatic amines is 1. The molecule has 0 saturated carbocycles. The predicted octanol–water partition coefficient (Wildman–Crippen LogP) is 3.34. The zero-order valence-corrected chi connectivity index (χ0v) is 15.3. The first-order valence-electron chi connectivity index (χ1n) is 8.05. The fraction of sp³-hybridized carbons (Fsp3) is 0.389. The molecule has 0 fully saturated rings. The monoisotopic (exact) mass is 342 g/mol. The Morgan fingerprint density at radius 1 is 1.38 bits per heavy atom. The van der Waals surface area contributed by atoms with Gasteiger partial charge in [-0.2, -0.15) is 0 Å². The average molecular weight is 342 g/mol. The molecule has 0 aliphatic carbocycles. The van der Waals surface area contributed by atoms with Crippen LogP contribution < -0.4 is 4.90 Å². The summed E-state index contributed by atoms with van der Waals surface area (Å²) in [6, 6.07) is 8.30. The number of aryl methyl sites for hydroxylation is 1. The van der Waals surface area contributed by atoms with Gasteiger partial charge in [0.1, 0.15) is 5.82 Å². The molecule has 0 amide bonds. The number of H-pyrrole nitrogens is 1. The van der Waals surface area contributed by atoms with Crippen molar-refractivity contribution in [1.82, 2.24) is 15.2 Å². The zero-order chi connectivity index (χ0) is 17.3. The summed E-state index contributed by atoms with van der Waals surface area (Å²) in [6.07, 6.45) is 2.57. The van der Waals surface area contributed by atoms with E-state index in [2.05, 4.69) is 46.1 Å². The van der Waals surface area contributed by atoms with Gasteiger partial charge in [-0.15, -0.1) is 5.10 Å². The molecule has 5 nitrogen and oxygen atoms in total. The highest BCUT2D eigenvalue weighted by Gasteiger charge is 2.38. The molecular weight excluding hydrogens is 320 g/mol. The number of ketones is 1. The number of allylic oxidation sites excluding steroid dienone is 2. The third kappa shape index (κ3) is 2.98. The Hall–Kier alpha value is -2.08. The number of carbonyl (C=O) groups excluding carboxylic acids is 1. The van der Waals surface area contributed by atoms with Crippen LogP contribution in [0.3, 0.4) is 0 Å². The minimum Gasteiger partial charge on any atom is -0.347 e. The number of rotatable bonds is 5. The molecule has 1 aromatic heterocycles. The van der Waals surface area contributed by atoms with Crippen LogP contribution in [0.1, 0.15) is 32.2 Å². The van der Waals surface area contributed by atoms with Gasteiger partial charge in [-0.05, 0) is 11.6 Å². The van der Waals surface area contributed by atoms with E-state index in [4.69, 9.17) is 0 Å². The van der Waals surface area contributed by atoms with Crippen molar-refractivity contribution in [2.45, 2.75) is 37.8 Å². The molecule has 1 N–H and O–H groups in total. The van der Waals surface area contributed by atoms with Crippen molar-refractivity contribution in [3.63, 3.8) is 0 Å². The van der Waals surface area contributed by atoms with Crippen LogP contribution in [0.4, 0.5) is 5.69 Å². The lowest BCUT2D eigenvalue weighted by Crippen LogP contribution is -2.24. The summed E-state index contributed by atoms with van der Waals surface area (Å²) in [4.78, 5) is 18.9. The van der Waals surface area contributed by atoms with Crippen LogP contribution in [-0.4, -0.2) is 33.8 Å². The summed E-state index contributed by atoms with van der Waals surface area (Å²) in [6.45, 7) is 6.33. The molecule has 1 aliphatic heterocycles. The number of anilines is 1. The lowest BCUT2D eigenvalue weighted by molar-refractivity contribution is -0.112. The van der Waals surface area contributed by atoms with Gasteiger partial charge in [0.15, 0.2) is 5.78 Å². The van der Waals surface area contributed by atoms with E-state index in [0.717, 1.165) is 23.6 Å². The van der Waals surface area contributed by atoms with Crippen molar-refractivity contribution in [1.29, 1.82) is 0 Å². The highest BCUT2D eigenvalue weighted by atomic mass is 32.2. The van der Waals surface area contributed by atoms with E-state index < -0.39 is 0 Å². The van der Waals surface area contributed by atoms with Gasteiger partial charge in [0.05, 0.1) is 5.75 Å². The first-order valence-corrected chi connectivity index (χ1v) is 9.04. The first kappa shape index (κ1) is 16.8. The average Bonchev–Trinajstić information content (AvgIpc) is 3.11. The van der Waals surface area contributed by atoms with Crippen molar-refractivity contribution in [2.24, 2.45) is 0 Å². The maximum Gasteiger partial charge on any atom is 0.208 e. The molecule has 2 heterocycles. The van der Waals surface area contributed by atoms with Crippen molar-refractivity contribution in [2.75, 3.05) is 17.7 Å². The van der Waals surface area contributed by atoms with Crippen molar-refractivity contribution < 1.29 is 4.79 Å². The Morgan fingerprint density at radius 2 is 2.12 bits per heavy atom. The third-order valence-electron chi connectivity index (χ3n) is 4.43. The molecular formula is C18H22N4OS. The second-order valence-electron chi connectivity index (χ2n) is 6.40. The molecule has 0 spiro atoms. The smallest absolute Gasteiger partial charge is 0.208 e. The molecule has 1 aromatic carbocycles. The third-order valence-corrected chi connectivity index (χ3v) is 5.30. The van der Waals surface area contributed by atoms with E-state index in [-0.39, 0.29) is 11.2 Å². The number of nitrogens with zero attached hydrogens (tertiary/aromatic N) is 3. The Kier molecular flexibility index (Phi) is 4.49. The van der Waals surface area contributed by atoms with E-state index in [1.54, 1.807) is 6.08 Å². The largest absolute Gasteiger partial charge is 0.347 e. The Morgan fingerprint density at radius 3 is 2.79 bits per heavy atom. The van der Waals surface area contributed by atoms with Crippen LogP contribution in [0, 0.1) is 0 Å². The zero-order valence-electron chi connectivity index (χ0n) is 14.5. The van der Waals surface area contributed by atoms with Gasteiger partial charge in [-0.3, -0.25) is 9.89 Å². The van der Waals surface area contributed by atoms with Crippen LogP contribution in [-0.2, 0) is 16.6 Å².